The molecule has 0 spiro atoms. The monoisotopic (exact) mass is 403 g/mol. The Labute approximate surface area is 163 Å². The van der Waals surface area contributed by atoms with Gasteiger partial charge in [0.05, 0.1) is 11.9 Å². The minimum absolute atomic E-state index is 0.00188. The Kier molecular flexibility index (Phi) is 5.42. The van der Waals surface area contributed by atoms with Crippen LogP contribution in [0.1, 0.15) is 38.3 Å². The number of rotatable bonds is 5. The summed E-state index contributed by atoms with van der Waals surface area (Å²) < 4.78 is 30.2. The van der Waals surface area contributed by atoms with Crippen molar-refractivity contribution in [1.82, 2.24) is 0 Å². The molecule has 1 aliphatic heterocycles. The number of anilines is 1. The number of nitrogens with zero attached hydrogens (tertiary/aromatic N) is 1. The predicted molar refractivity (Wildman–Crippen MR) is 104 cm³/mol. The fourth-order valence-electron chi connectivity index (χ4n) is 3.19. The summed E-state index contributed by atoms with van der Waals surface area (Å²) >= 11 is 0. The second-order valence-electron chi connectivity index (χ2n) is 6.80. The highest BCUT2D eigenvalue weighted by Gasteiger charge is 2.25. The van der Waals surface area contributed by atoms with E-state index in [0.29, 0.717) is 30.6 Å². The molecule has 1 heterocycles. The van der Waals surface area contributed by atoms with Crippen molar-refractivity contribution in [2.24, 2.45) is 0 Å². The topological polar surface area (TPSA) is 101 Å². The van der Waals surface area contributed by atoms with Gasteiger partial charge in [0.2, 0.25) is 10.0 Å². The van der Waals surface area contributed by atoms with Crippen LogP contribution < -0.4 is 4.31 Å². The lowest BCUT2D eigenvalue weighted by Crippen LogP contribution is -2.34. The summed E-state index contributed by atoms with van der Waals surface area (Å²) in [6, 6.07) is 9.32. The van der Waals surface area contributed by atoms with Crippen molar-refractivity contribution in [2.45, 2.75) is 19.8 Å². The van der Waals surface area contributed by atoms with Crippen LogP contribution in [-0.4, -0.2) is 44.7 Å². The van der Waals surface area contributed by atoms with Crippen molar-refractivity contribution in [3.05, 3.63) is 58.7 Å². The zero-order valence-corrected chi connectivity index (χ0v) is 16.5. The third-order valence-electron chi connectivity index (χ3n) is 4.58. The van der Waals surface area contributed by atoms with Gasteiger partial charge in [0, 0.05) is 12.1 Å². The van der Waals surface area contributed by atoms with Crippen LogP contribution in [0.4, 0.5) is 5.69 Å². The first-order chi connectivity index (χ1) is 13.2. The highest BCUT2D eigenvalue weighted by molar-refractivity contribution is 7.92. The van der Waals surface area contributed by atoms with Gasteiger partial charge >= 0.3 is 5.97 Å². The molecule has 2 aromatic carbocycles. The standard InChI is InChI=1S/C20H21NO6S/c1-13-5-8-18(22)16(10-13)20(24)27-12-19(23)15-6-7-17-14(11-15)4-3-9-21(17)28(2,25)26/h5-8,10-11,22H,3-4,9,12H2,1-2H3. The molecule has 2 aromatic rings. The molecule has 0 atom stereocenters. The number of esters is 1. The van der Waals surface area contributed by atoms with Gasteiger partial charge in [-0.2, -0.15) is 0 Å². The molecule has 8 heteroatoms. The molecule has 0 radical (unpaired) electrons. The van der Waals surface area contributed by atoms with Gasteiger partial charge in [0.25, 0.3) is 0 Å². The number of fused-ring (bicyclic) bond motifs is 1. The Morgan fingerprint density at radius 1 is 1.18 bits per heavy atom. The number of benzene rings is 2. The fraction of sp³-hybridized carbons (Fsp3) is 0.300. The maximum atomic E-state index is 12.4. The highest BCUT2D eigenvalue weighted by Crippen LogP contribution is 2.30. The molecular weight excluding hydrogens is 382 g/mol. The second-order valence-corrected chi connectivity index (χ2v) is 8.71. The largest absolute Gasteiger partial charge is 0.507 e. The van der Waals surface area contributed by atoms with E-state index in [0.717, 1.165) is 17.4 Å². The summed E-state index contributed by atoms with van der Waals surface area (Å²) in [5.41, 5.74) is 2.47. The van der Waals surface area contributed by atoms with Crippen LogP contribution in [0.25, 0.3) is 0 Å². The lowest BCUT2D eigenvalue weighted by molar-refractivity contribution is 0.0471. The normalized spacial score (nSPS) is 13.7. The SMILES string of the molecule is Cc1ccc(O)c(C(=O)OCC(=O)c2ccc3c(c2)CCCN3S(C)(=O)=O)c1. The summed E-state index contributed by atoms with van der Waals surface area (Å²) in [6.07, 6.45) is 2.49. The second kappa shape index (κ2) is 7.63. The van der Waals surface area contributed by atoms with Crippen molar-refractivity contribution in [2.75, 3.05) is 23.7 Å². The molecule has 0 saturated heterocycles. The number of phenols is 1. The van der Waals surface area contributed by atoms with Gasteiger partial charge in [0.1, 0.15) is 11.3 Å². The van der Waals surface area contributed by atoms with E-state index in [1.165, 1.54) is 22.5 Å². The first-order valence-electron chi connectivity index (χ1n) is 8.77. The zero-order chi connectivity index (χ0) is 20.5. The third kappa shape index (κ3) is 4.17. The first-order valence-corrected chi connectivity index (χ1v) is 10.6. The Morgan fingerprint density at radius 2 is 1.93 bits per heavy atom. The van der Waals surface area contributed by atoms with Gasteiger partial charge in [0.15, 0.2) is 12.4 Å². The number of carbonyl (C=O) groups is 2. The van der Waals surface area contributed by atoms with Gasteiger partial charge in [-0.3, -0.25) is 9.10 Å². The summed E-state index contributed by atoms with van der Waals surface area (Å²) in [7, 11) is -3.38. The third-order valence-corrected chi connectivity index (χ3v) is 5.76. The molecule has 7 nitrogen and oxygen atoms in total. The molecule has 0 amide bonds. The summed E-state index contributed by atoms with van der Waals surface area (Å²) in [6.45, 7) is 1.71. The van der Waals surface area contributed by atoms with Crippen LogP contribution in [0.5, 0.6) is 5.75 Å². The van der Waals surface area contributed by atoms with E-state index in [4.69, 9.17) is 4.74 Å². The predicted octanol–water partition coefficient (Wildman–Crippen LogP) is 2.45. The minimum atomic E-state index is -3.38. The van der Waals surface area contributed by atoms with Crippen LogP contribution in [-0.2, 0) is 21.2 Å². The molecule has 1 N–H and O–H groups in total. The van der Waals surface area contributed by atoms with E-state index in [9.17, 15) is 23.1 Å². The van der Waals surface area contributed by atoms with Crippen LogP contribution in [0.3, 0.4) is 0 Å². The Morgan fingerprint density at radius 3 is 2.64 bits per heavy atom. The number of ether oxygens (including phenoxy) is 1. The number of carbonyl (C=O) groups excluding carboxylic acids is 2. The molecule has 148 valence electrons. The molecule has 28 heavy (non-hydrogen) atoms. The van der Waals surface area contributed by atoms with E-state index in [-0.39, 0.29) is 11.3 Å². The smallest absolute Gasteiger partial charge is 0.342 e. The molecule has 0 bridgehead atoms. The maximum absolute atomic E-state index is 12.4. The zero-order valence-electron chi connectivity index (χ0n) is 15.6. The average Bonchev–Trinajstić information content (AvgIpc) is 2.66. The van der Waals surface area contributed by atoms with Crippen molar-refractivity contribution in [1.29, 1.82) is 0 Å². The number of hydrogen-bond acceptors (Lipinski definition) is 6. The number of ketones is 1. The number of Topliss-reactive ketones (excluding diaryl/α,β-unsaturated/α-hetero) is 1. The Hall–Kier alpha value is -2.87. The van der Waals surface area contributed by atoms with E-state index in [1.54, 1.807) is 25.1 Å². The van der Waals surface area contributed by atoms with Crippen LogP contribution >= 0.6 is 0 Å². The summed E-state index contributed by atoms with van der Waals surface area (Å²) in [5.74, 6) is -1.40. The summed E-state index contributed by atoms with van der Waals surface area (Å²) in [5, 5.41) is 9.77. The number of phenolic OH excluding ortho intramolecular Hbond substituents is 1. The summed E-state index contributed by atoms with van der Waals surface area (Å²) in [4.78, 5) is 24.6. The van der Waals surface area contributed by atoms with Crippen LogP contribution in [0, 0.1) is 6.92 Å². The molecule has 0 fully saturated rings. The van der Waals surface area contributed by atoms with Gasteiger partial charge in [-0.25, -0.2) is 13.2 Å². The van der Waals surface area contributed by atoms with Gasteiger partial charge in [-0.15, -0.1) is 0 Å². The molecule has 3 rings (SSSR count). The molecule has 1 aliphatic rings. The number of sulfonamides is 1. The van der Waals surface area contributed by atoms with Crippen molar-refractivity contribution in [3.8, 4) is 5.75 Å². The van der Waals surface area contributed by atoms with E-state index in [2.05, 4.69) is 0 Å². The number of aromatic hydroxyl groups is 1. The van der Waals surface area contributed by atoms with Crippen molar-refractivity contribution in [3.63, 3.8) is 0 Å². The molecule has 0 unspecified atom stereocenters. The minimum Gasteiger partial charge on any atom is -0.507 e. The maximum Gasteiger partial charge on any atom is 0.342 e. The van der Waals surface area contributed by atoms with Crippen LogP contribution in [0.2, 0.25) is 0 Å². The van der Waals surface area contributed by atoms with E-state index in [1.807, 2.05) is 0 Å². The molecule has 0 aromatic heterocycles. The molecular formula is C20H21NO6S. The van der Waals surface area contributed by atoms with E-state index >= 15 is 0 Å². The molecule has 0 aliphatic carbocycles. The Bertz CT molecular complexity index is 1040. The Balaban J connectivity index is 1.73. The lowest BCUT2D eigenvalue weighted by Gasteiger charge is -2.29. The van der Waals surface area contributed by atoms with Gasteiger partial charge in [-0.05, 0) is 55.7 Å². The van der Waals surface area contributed by atoms with Crippen molar-refractivity contribution < 1.29 is 27.9 Å². The van der Waals surface area contributed by atoms with Gasteiger partial charge < -0.3 is 9.84 Å². The number of aryl methyl sites for hydroxylation is 2. The quantitative estimate of drug-likeness (QED) is 0.608. The lowest BCUT2D eigenvalue weighted by atomic mass is 9.99. The van der Waals surface area contributed by atoms with E-state index < -0.39 is 28.4 Å². The number of hydrogen-bond donors (Lipinski definition) is 1. The highest BCUT2D eigenvalue weighted by atomic mass is 32.2. The fourth-order valence-corrected chi connectivity index (χ4v) is 4.18. The molecule has 0 saturated carbocycles. The first kappa shape index (κ1) is 19.9. The van der Waals surface area contributed by atoms with Gasteiger partial charge in [-0.1, -0.05) is 11.6 Å². The van der Waals surface area contributed by atoms with Crippen molar-refractivity contribution >= 4 is 27.5 Å². The van der Waals surface area contributed by atoms with Crippen LogP contribution in [0.15, 0.2) is 36.4 Å². The average molecular weight is 403 g/mol.